The lowest BCUT2D eigenvalue weighted by molar-refractivity contribution is -0.117. The van der Waals surface area contributed by atoms with Crippen LogP contribution in [0.15, 0.2) is 66.7 Å². The fourth-order valence-electron chi connectivity index (χ4n) is 3.87. The van der Waals surface area contributed by atoms with Gasteiger partial charge < -0.3 is 19.7 Å². The molecule has 0 aromatic heterocycles. The van der Waals surface area contributed by atoms with Gasteiger partial charge in [-0.1, -0.05) is 36.4 Å². The summed E-state index contributed by atoms with van der Waals surface area (Å²) in [6.45, 7) is -0.213. The van der Waals surface area contributed by atoms with Crippen molar-refractivity contribution in [2.45, 2.75) is 6.04 Å². The number of ether oxygens (including phenoxy) is 2. The molecule has 0 bridgehead atoms. The second-order valence-corrected chi connectivity index (χ2v) is 7.07. The van der Waals surface area contributed by atoms with E-state index in [2.05, 4.69) is 5.32 Å². The van der Waals surface area contributed by atoms with Crippen LogP contribution in [0.5, 0.6) is 11.5 Å². The van der Waals surface area contributed by atoms with Gasteiger partial charge in [0.25, 0.3) is 5.91 Å². The van der Waals surface area contributed by atoms with E-state index in [9.17, 15) is 14.0 Å². The number of nitrogens with one attached hydrogen (secondary N) is 1. The monoisotopic (exact) mass is 420 g/mol. The zero-order valence-corrected chi connectivity index (χ0v) is 17.1. The molecule has 1 atom stereocenters. The van der Waals surface area contributed by atoms with Crippen LogP contribution in [0.25, 0.3) is 0 Å². The van der Waals surface area contributed by atoms with Crippen LogP contribution in [-0.4, -0.2) is 37.5 Å². The molecule has 1 N–H and O–H groups in total. The highest BCUT2D eigenvalue weighted by molar-refractivity contribution is 6.03. The molecule has 2 amide bonds. The maximum absolute atomic E-state index is 14.2. The summed E-state index contributed by atoms with van der Waals surface area (Å²) in [4.78, 5) is 27.8. The first-order valence-electron chi connectivity index (χ1n) is 9.69. The van der Waals surface area contributed by atoms with E-state index in [0.717, 1.165) is 5.56 Å². The van der Waals surface area contributed by atoms with Gasteiger partial charge in [0.1, 0.15) is 12.4 Å². The summed E-state index contributed by atoms with van der Waals surface area (Å²) in [5.41, 5.74) is 1.96. The Kier molecular flexibility index (Phi) is 5.58. The molecule has 1 aliphatic rings. The molecule has 158 valence electrons. The van der Waals surface area contributed by atoms with E-state index in [4.69, 9.17) is 9.47 Å². The number of para-hydroxylation sites is 1. The first-order chi connectivity index (χ1) is 15.0. The number of hydrogen-bond donors (Lipinski definition) is 1. The number of methoxy groups -OCH3 is 2. The molecule has 1 aliphatic heterocycles. The van der Waals surface area contributed by atoms with Crippen LogP contribution >= 0.6 is 0 Å². The van der Waals surface area contributed by atoms with Crippen LogP contribution in [0.2, 0.25) is 0 Å². The Morgan fingerprint density at radius 2 is 1.81 bits per heavy atom. The predicted octanol–water partition coefficient (Wildman–Crippen LogP) is 4.03. The number of nitrogens with zero attached hydrogens (tertiary/aromatic N) is 1. The van der Waals surface area contributed by atoms with Crippen molar-refractivity contribution < 1.29 is 23.5 Å². The van der Waals surface area contributed by atoms with E-state index in [1.807, 2.05) is 30.3 Å². The fraction of sp³-hybridized carbons (Fsp3) is 0.167. The summed E-state index contributed by atoms with van der Waals surface area (Å²) < 4.78 is 25.0. The van der Waals surface area contributed by atoms with E-state index in [-0.39, 0.29) is 23.8 Å². The van der Waals surface area contributed by atoms with Crippen LogP contribution in [0, 0.1) is 5.82 Å². The topological polar surface area (TPSA) is 67.9 Å². The number of hydrogen-bond acceptors (Lipinski definition) is 4. The number of rotatable bonds is 4. The molecular weight excluding hydrogens is 399 g/mol. The third kappa shape index (κ3) is 3.82. The summed E-state index contributed by atoms with van der Waals surface area (Å²) in [5.74, 6) is -0.596. The Morgan fingerprint density at radius 1 is 1.03 bits per heavy atom. The van der Waals surface area contributed by atoms with Gasteiger partial charge in [-0.2, -0.15) is 0 Å². The third-order valence-electron chi connectivity index (χ3n) is 5.22. The summed E-state index contributed by atoms with van der Waals surface area (Å²) >= 11 is 0. The zero-order valence-electron chi connectivity index (χ0n) is 17.1. The van der Waals surface area contributed by atoms with Crippen molar-refractivity contribution in [2.24, 2.45) is 0 Å². The van der Waals surface area contributed by atoms with E-state index in [0.29, 0.717) is 17.0 Å². The van der Waals surface area contributed by atoms with Crippen LogP contribution in [-0.2, 0) is 4.79 Å². The Morgan fingerprint density at radius 3 is 2.52 bits per heavy atom. The van der Waals surface area contributed by atoms with Crippen molar-refractivity contribution >= 4 is 17.5 Å². The van der Waals surface area contributed by atoms with Crippen molar-refractivity contribution in [1.29, 1.82) is 0 Å². The van der Waals surface area contributed by atoms with Gasteiger partial charge >= 0.3 is 0 Å². The van der Waals surface area contributed by atoms with Crippen molar-refractivity contribution in [3.63, 3.8) is 0 Å². The third-order valence-corrected chi connectivity index (χ3v) is 5.22. The number of halogens is 1. The normalized spacial score (nSPS) is 15.5. The molecule has 0 saturated heterocycles. The lowest BCUT2D eigenvalue weighted by atomic mass is 9.95. The summed E-state index contributed by atoms with van der Waals surface area (Å²) in [6.07, 6.45) is 0. The van der Waals surface area contributed by atoms with Gasteiger partial charge in [0, 0.05) is 11.3 Å². The highest BCUT2D eigenvalue weighted by atomic mass is 19.1. The molecule has 0 spiro atoms. The van der Waals surface area contributed by atoms with Gasteiger partial charge in [0.2, 0.25) is 5.91 Å². The van der Waals surface area contributed by atoms with Crippen molar-refractivity contribution in [1.82, 2.24) is 4.90 Å². The Hall–Kier alpha value is -3.87. The number of anilines is 1. The standard InChI is InChI=1S/C24H21FN2O4/c1-30-20-10-6-9-17(23(20)31-2)24(29)27-14-21(28)26-19-12-11-16(25)13-18(19)22(27)15-7-4-3-5-8-15/h3-13,22H,14H2,1-2H3,(H,26,28)/t22-/m0/s1. The van der Waals surface area contributed by atoms with Crippen molar-refractivity contribution in [3.05, 3.63) is 89.2 Å². The van der Waals surface area contributed by atoms with E-state index < -0.39 is 17.8 Å². The average Bonchev–Trinajstić information content (AvgIpc) is 2.94. The molecule has 1 heterocycles. The van der Waals surface area contributed by atoms with Gasteiger partial charge in [0.15, 0.2) is 11.5 Å². The van der Waals surface area contributed by atoms with Crippen molar-refractivity contribution in [2.75, 3.05) is 26.1 Å². The fourth-order valence-corrected chi connectivity index (χ4v) is 3.87. The summed E-state index contributed by atoms with van der Waals surface area (Å²) in [5, 5.41) is 2.78. The van der Waals surface area contributed by atoms with Gasteiger partial charge in [-0.3, -0.25) is 9.59 Å². The van der Waals surface area contributed by atoms with Gasteiger partial charge in [0.05, 0.1) is 25.8 Å². The highest BCUT2D eigenvalue weighted by Crippen LogP contribution is 2.39. The molecule has 3 aromatic carbocycles. The van der Waals surface area contributed by atoms with Crippen molar-refractivity contribution in [3.8, 4) is 11.5 Å². The lowest BCUT2D eigenvalue weighted by Crippen LogP contribution is -2.39. The molecule has 0 unspecified atom stereocenters. The number of benzene rings is 3. The SMILES string of the molecule is COc1cccc(C(=O)N2CC(=O)Nc3ccc(F)cc3[C@@H]2c2ccccc2)c1OC. The molecule has 0 saturated carbocycles. The molecule has 7 heteroatoms. The number of fused-ring (bicyclic) bond motifs is 1. The van der Waals surface area contributed by atoms with Crippen LogP contribution in [0.4, 0.5) is 10.1 Å². The first-order valence-corrected chi connectivity index (χ1v) is 9.69. The van der Waals surface area contributed by atoms with Crippen LogP contribution in [0.3, 0.4) is 0 Å². The Balaban J connectivity index is 1.91. The molecular formula is C24H21FN2O4. The summed E-state index contributed by atoms with van der Waals surface area (Å²) in [6, 6.07) is 17.7. The minimum atomic E-state index is -0.686. The molecule has 0 radical (unpaired) electrons. The van der Waals surface area contributed by atoms with Gasteiger partial charge in [-0.05, 0) is 35.9 Å². The molecule has 0 fully saturated rings. The van der Waals surface area contributed by atoms with E-state index >= 15 is 0 Å². The molecule has 3 aromatic rings. The van der Waals surface area contributed by atoms with Gasteiger partial charge in [-0.25, -0.2) is 4.39 Å². The molecule has 0 aliphatic carbocycles. The van der Waals surface area contributed by atoms with E-state index in [1.165, 1.54) is 37.3 Å². The zero-order chi connectivity index (χ0) is 22.0. The molecule has 31 heavy (non-hydrogen) atoms. The highest BCUT2D eigenvalue weighted by Gasteiger charge is 2.35. The maximum Gasteiger partial charge on any atom is 0.259 e. The number of amides is 2. The lowest BCUT2D eigenvalue weighted by Gasteiger charge is -2.31. The average molecular weight is 420 g/mol. The Labute approximate surface area is 179 Å². The number of carbonyl (C=O) groups is 2. The van der Waals surface area contributed by atoms with Crippen LogP contribution < -0.4 is 14.8 Å². The second-order valence-electron chi connectivity index (χ2n) is 7.07. The van der Waals surface area contributed by atoms with Gasteiger partial charge in [-0.15, -0.1) is 0 Å². The number of carbonyl (C=O) groups excluding carboxylic acids is 2. The second kappa shape index (κ2) is 8.47. The minimum absolute atomic E-state index is 0.213. The summed E-state index contributed by atoms with van der Waals surface area (Å²) in [7, 11) is 2.93. The largest absolute Gasteiger partial charge is 0.493 e. The van der Waals surface area contributed by atoms with Crippen LogP contribution in [0.1, 0.15) is 27.5 Å². The predicted molar refractivity (Wildman–Crippen MR) is 114 cm³/mol. The molecule has 4 rings (SSSR count). The maximum atomic E-state index is 14.2. The minimum Gasteiger partial charge on any atom is -0.493 e. The van der Waals surface area contributed by atoms with E-state index in [1.54, 1.807) is 18.2 Å². The quantitative estimate of drug-likeness (QED) is 0.692. The smallest absolute Gasteiger partial charge is 0.259 e. The molecule has 6 nitrogen and oxygen atoms in total. The Bertz CT molecular complexity index is 1130. The first kappa shape index (κ1) is 20.4.